The van der Waals surface area contributed by atoms with Crippen molar-refractivity contribution in [2.75, 3.05) is 23.1 Å². The Balaban J connectivity index is 1.80. The van der Waals surface area contributed by atoms with Crippen molar-refractivity contribution in [2.24, 2.45) is 0 Å². The smallest absolute Gasteiger partial charge is 0.323 e. The van der Waals surface area contributed by atoms with E-state index in [1.807, 2.05) is 13.0 Å². The van der Waals surface area contributed by atoms with Gasteiger partial charge in [-0.25, -0.2) is 9.78 Å². The molecule has 0 aliphatic carbocycles. The molecule has 2 aromatic carbocycles. The normalized spacial score (nSPS) is 10.6. The first-order valence-corrected chi connectivity index (χ1v) is 9.71. The zero-order valence-corrected chi connectivity index (χ0v) is 17.1. The SMILES string of the molecule is CCC(=O)Nc1nc2c(OC)cc(NC(=O)Nc3ccc(C)c(Cl)c3)cc2s1. The Hall–Kier alpha value is -2.84. The molecule has 0 unspecified atom stereocenters. The number of halogens is 1. The molecule has 9 heteroatoms. The minimum Gasteiger partial charge on any atom is -0.494 e. The predicted molar refractivity (Wildman–Crippen MR) is 114 cm³/mol. The molecule has 0 spiro atoms. The number of aryl methyl sites for hydroxylation is 1. The number of carbonyl (C=O) groups excluding carboxylic acids is 2. The van der Waals surface area contributed by atoms with E-state index < -0.39 is 6.03 Å². The molecule has 146 valence electrons. The summed E-state index contributed by atoms with van der Waals surface area (Å²) in [4.78, 5) is 28.3. The fourth-order valence-electron chi connectivity index (χ4n) is 2.45. The van der Waals surface area contributed by atoms with Crippen LogP contribution in [0.3, 0.4) is 0 Å². The van der Waals surface area contributed by atoms with Gasteiger partial charge in [0, 0.05) is 28.9 Å². The van der Waals surface area contributed by atoms with Crippen molar-refractivity contribution in [3.63, 3.8) is 0 Å². The minimum atomic E-state index is -0.412. The summed E-state index contributed by atoms with van der Waals surface area (Å²) in [5.41, 5.74) is 2.68. The second kappa shape index (κ2) is 8.45. The predicted octanol–water partition coefficient (Wildman–Crippen LogP) is 5.26. The van der Waals surface area contributed by atoms with Crippen LogP contribution >= 0.6 is 22.9 Å². The Morgan fingerprint density at radius 2 is 1.89 bits per heavy atom. The fraction of sp³-hybridized carbons (Fsp3) is 0.211. The molecule has 1 aromatic heterocycles. The van der Waals surface area contributed by atoms with Crippen molar-refractivity contribution in [2.45, 2.75) is 20.3 Å². The quantitative estimate of drug-likeness (QED) is 0.527. The van der Waals surface area contributed by atoms with Crippen LogP contribution in [0.4, 0.5) is 21.3 Å². The van der Waals surface area contributed by atoms with Crippen LogP contribution in [0.2, 0.25) is 5.02 Å². The van der Waals surface area contributed by atoms with Crippen LogP contribution in [0.1, 0.15) is 18.9 Å². The number of carbonyl (C=O) groups is 2. The summed E-state index contributed by atoms with van der Waals surface area (Å²) in [5, 5.41) is 9.30. The lowest BCUT2D eigenvalue weighted by Crippen LogP contribution is -2.19. The average Bonchev–Trinajstić information content (AvgIpc) is 3.06. The van der Waals surface area contributed by atoms with Crippen molar-refractivity contribution in [3.8, 4) is 5.75 Å². The van der Waals surface area contributed by atoms with E-state index in [2.05, 4.69) is 20.9 Å². The molecule has 3 amide bonds. The van der Waals surface area contributed by atoms with Crippen LogP contribution in [0.15, 0.2) is 30.3 Å². The number of anilines is 3. The Morgan fingerprint density at radius 3 is 2.57 bits per heavy atom. The van der Waals surface area contributed by atoms with E-state index in [0.717, 1.165) is 10.3 Å². The van der Waals surface area contributed by atoms with Gasteiger partial charge in [0.1, 0.15) is 11.3 Å². The Kier molecular flexibility index (Phi) is 6.01. The molecule has 28 heavy (non-hydrogen) atoms. The van der Waals surface area contributed by atoms with Gasteiger partial charge in [0.2, 0.25) is 5.91 Å². The number of nitrogens with zero attached hydrogens (tertiary/aromatic N) is 1. The number of thiazole rings is 1. The van der Waals surface area contributed by atoms with Gasteiger partial charge in [-0.05, 0) is 30.7 Å². The summed E-state index contributed by atoms with van der Waals surface area (Å²) < 4.78 is 6.16. The molecular weight excluding hydrogens is 400 g/mol. The maximum absolute atomic E-state index is 12.3. The van der Waals surface area contributed by atoms with E-state index in [0.29, 0.717) is 39.2 Å². The third kappa shape index (κ3) is 4.52. The van der Waals surface area contributed by atoms with Crippen LogP contribution in [0.25, 0.3) is 10.2 Å². The number of rotatable bonds is 5. The number of nitrogens with one attached hydrogen (secondary N) is 3. The molecule has 7 nitrogen and oxygen atoms in total. The molecule has 3 rings (SSSR count). The van der Waals surface area contributed by atoms with Gasteiger partial charge < -0.3 is 20.7 Å². The van der Waals surface area contributed by atoms with Crippen molar-refractivity contribution in [1.29, 1.82) is 0 Å². The summed E-state index contributed by atoms with van der Waals surface area (Å²) in [5.74, 6) is 0.381. The Bertz CT molecular complexity index is 1050. The minimum absolute atomic E-state index is 0.118. The Labute approximate surface area is 171 Å². The number of benzene rings is 2. The van der Waals surface area contributed by atoms with Gasteiger partial charge in [-0.3, -0.25) is 4.79 Å². The van der Waals surface area contributed by atoms with Crippen molar-refractivity contribution in [1.82, 2.24) is 4.98 Å². The van der Waals surface area contributed by atoms with E-state index in [1.165, 1.54) is 18.4 Å². The highest BCUT2D eigenvalue weighted by Crippen LogP contribution is 2.35. The summed E-state index contributed by atoms with van der Waals surface area (Å²) in [7, 11) is 1.52. The average molecular weight is 419 g/mol. The van der Waals surface area contributed by atoms with Crippen molar-refractivity contribution < 1.29 is 14.3 Å². The fourth-order valence-corrected chi connectivity index (χ4v) is 3.57. The van der Waals surface area contributed by atoms with Crippen LogP contribution in [-0.4, -0.2) is 24.0 Å². The maximum atomic E-state index is 12.3. The first kappa shape index (κ1) is 19.9. The first-order chi connectivity index (χ1) is 13.4. The van der Waals surface area contributed by atoms with E-state index >= 15 is 0 Å². The second-order valence-corrected chi connectivity index (χ2v) is 7.43. The highest BCUT2D eigenvalue weighted by atomic mass is 35.5. The van der Waals surface area contributed by atoms with Gasteiger partial charge >= 0.3 is 6.03 Å². The van der Waals surface area contributed by atoms with Gasteiger partial charge in [0.15, 0.2) is 5.13 Å². The lowest BCUT2D eigenvalue weighted by atomic mass is 10.2. The number of ether oxygens (including phenoxy) is 1. The molecule has 0 aliphatic rings. The molecule has 0 bridgehead atoms. The van der Waals surface area contributed by atoms with Gasteiger partial charge in [-0.15, -0.1) is 0 Å². The molecule has 0 saturated heterocycles. The number of aromatic nitrogens is 1. The van der Waals surface area contributed by atoms with Crippen LogP contribution in [-0.2, 0) is 4.79 Å². The monoisotopic (exact) mass is 418 g/mol. The van der Waals surface area contributed by atoms with E-state index in [9.17, 15) is 9.59 Å². The van der Waals surface area contributed by atoms with E-state index in [4.69, 9.17) is 16.3 Å². The van der Waals surface area contributed by atoms with Gasteiger partial charge in [0.05, 0.1) is 11.8 Å². The number of hydrogen-bond acceptors (Lipinski definition) is 5. The molecule has 0 aliphatic heterocycles. The van der Waals surface area contributed by atoms with Crippen LogP contribution in [0.5, 0.6) is 5.75 Å². The number of urea groups is 1. The Morgan fingerprint density at radius 1 is 1.14 bits per heavy atom. The lowest BCUT2D eigenvalue weighted by Gasteiger charge is -2.10. The lowest BCUT2D eigenvalue weighted by molar-refractivity contribution is -0.115. The van der Waals surface area contributed by atoms with Crippen LogP contribution in [0, 0.1) is 6.92 Å². The topological polar surface area (TPSA) is 92.3 Å². The van der Waals surface area contributed by atoms with Gasteiger partial charge in [0.25, 0.3) is 0 Å². The highest BCUT2D eigenvalue weighted by molar-refractivity contribution is 7.22. The molecule has 1 heterocycles. The molecular formula is C19H19ClN4O3S. The molecule has 0 fully saturated rings. The number of methoxy groups -OCH3 is 1. The summed E-state index contributed by atoms with van der Waals surface area (Å²) in [6.45, 7) is 3.66. The number of fused-ring (bicyclic) bond motifs is 1. The maximum Gasteiger partial charge on any atom is 0.323 e. The van der Waals surface area contributed by atoms with E-state index in [-0.39, 0.29) is 5.91 Å². The van der Waals surface area contributed by atoms with Crippen molar-refractivity contribution >= 4 is 61.6 Å². The zero-order chi connectivity index (χ0) is 20.3. The van der Waals surface area contributed by atoms with E-state index in [1.54, 1.807) is 31.2 Å². The molecule has 0 atom stereocenters. The highest BCUT2D eigenvalue weighted by Gasteiger charge is 2.14. The third-order valence-corrected chi connectivity index (χ3v) is 5.26. The first-order valence-electron chi connectivity index (χ1n) is 8.52. The zero-order valence-electron chi connectivity index (χ0n) is 15.6. The molecule has 0 saturated carbocycles. The van der Waals surface area contributed by atoms with Gasteiger partial charge in [-0.1, -0.05) is 35.9 Å². The number of amides is 3. The van der Waals surface area contributed by atoms with Gasteiger partial charge in [-0.2, -0.15) is 0 Å². The summed E-state index contributed by atoms with van der Waals surface area (Å²) >= 11 is 7.39. The summed E-state index contributed by atoms with van der Waals surface area (Å²) in [6, 6.07) is 8.33. The third-order valence-electron chi connectivity index (χ3n) is 3.93. The van der Waals surface area contributed by atoms with Crippen molar-refractivity contribution in [3.05, 3.63) is 40.9 Å². The molecule has 0 radical (unpaired) electrons. The number of hydrogen-bond donors (Lipinski definition) is 3. The largest absolute Gasteiger partial charge is 0.494 e. The second-order valence-electron chi connectivity index (χ2n) is 5.99. The standard InChI is InChI=1S/C19H19ClN4O3S/c1-4-16(25)23-19-24-17-14(27-3)8-12(9-15(17)28-19)22-18(26)21-11-6-5-10(2)13(20)7-11/h5-9H,4H2,1-3H3,(H2,21,22,26)(H,23,24,25). The van der Waals surface area contributed by atoms with Crippen LogP contribution < -0.4 is 20.7 Å². The summed E-state index contributed by atoms with van der Waals surface area (Å²) in [6.07, 6.45) is 0.364. The molecule has 3 aromatic rings. The molecule has 3 N–H and O–H groups in total.